The maximum atomic E-state index is 9.57. The minimum atomic E-state index is -0.0593. The van der Waals surface area contributed by atoms with Crippen LogP contribution in [-0.4, -0.2) is 30.8 Å². The monoisotopic (exact) mass is 228 g/mol. The molecule has 96 valence electrons. The Morgan fingerprint density at radius 2 is 2.12 bits per heavy atom. The van der Waals surface area contributed by atoms with E-state index in [0.717, 1.165) is 32.5 Å². The van der Waals surface area contributed by atoms with Gasteiger partial charge in [-0.3, -0.25) is 0 Å². The molecule has 0 bridgehead atoms. The van der Waals surface area contributed by atoms with Gasteiger partial charge >= 0.3 is 0 Å². The molecule has 1 saturated carbocycles. The lowest BCUT2D eigenvalue weighted by molar-refractivity contribution is 0.100. The van der Waals surface area contributed by atoms with E-state index in [1.54, 1.807) is 0 Å². The van der Waals surface area contributed by atoms with Gasteiger partial charge in [0.05, 0.1) is 6.10 Å². The van der Waals surface area contributed by atoms with E-state index < -0.39 is 0 Å². The van der Waals surface area contributed by atoms with E-state index in [1.807, 2.05) is 0 Å². The zero-order chi connectivity index (χ0) is 12.0. The number of hydrogen-bond donors (Lipinski definition) is 3. The van der Waals surface area contributed by atoms with Gasteiger partial charge in [-0.1, -0.05) is 20.3 Å². The van der Waals surface area contributed by atoms with Crippen molar-refractivity contribution in [2.45, 2.75) is 45.6 Å². The number of nitrogens with two attached hydrogens (primary N) is 1. The lowest BCUT2D eigenvalue weighted by atomic mass is 9.87. The number of nitrogens with one attached hydrogen (secondary N) is 1. The molecule has 1 fully saturated rings. The van der Waals surface area contributed by atoms with Crippen molar-refractivity contribution in [3.8, 4) is 0 Å². The molecule has 1 aliphatic carbocycles. The van der Waals surface area contributed by atoms with Gasteiger partial charge in [0.25, 0.3) is 0 Å². The van der Waals surface area contributed by atoms with Gasteiger partial charge in [0.15, 0.2) is 0 Å². The summed E-state index contributed by atoms with van der Waals surface area (Å²) < 4.78 is 0. The van der Waals surface area contributed by atoms with Crippen LogP contribution in [0.25, 0.3) is 0 Å². The minimum absolute atomic E-state index is 0.0593. The molecule has 3 heteroatoms. The van der Waals surface area contributed by atoms with Crippen molar-refractivity contribution in [2.24, 2.45) is 23.5 Å². The molecule has 0 aliphatic heterocycles. The number of aliphatic hydroxyl groups excluding tert-OH is 1. The Hall–Kier alpha value is -0.120. The molecule has 3 atom stereocenters. The Balaban J connectivity index is 2.14. The Labute approximate surface area is 99.8 Å². The number of hydrogen-bond acceptors (Lipinski definition) is 3. The predicted molar refractivity (Wildman–Crippen MR) is 68.2 cm³/mol. The first-order valence-electron chi connectivity index (χ1n) is 6.72. The van der Waals surface area contributed by atoms with Gasteiger partial charge in [0.1, 0.15) is 0 Å². The van der Waals surface area contributed by atoms with Gasteiger partial charge in [-0.15, -0.1) is 0 Å². The van der Waals surface area contributed by atoms with Crippen molar-refractivity contribution in [3.05, 3.63) is 0 Å². The van der Waals surface area contributed by atoms with Crippen LogP contribution in [0.2, 0.25) is 0 Å². The zero-order valence-corrected chi connectivity index (χ0v) is 10.8. The summed E-state index contributed by atoms with van der Waals surface area (Å²) in [6, 6.07) is 0. The third-order valence-electron chi connectivity index (χ3n) is 3.84. The van der Waals surface area contributed by atoms with Gasteiger partial charge in [-0.25, -0.2) is 0 Å². The number of rotatable bonds is 6. The summed E-state index contributed by atoms with van der Waals surface area (Å²) in [7, 11) is 0. The van der Waals surface area contributed by atoms with Crippen molar-refractivity contribution in [2.75, 3.05) is 19.6 Å². The summed E-state index contributed by atoms with van der Waals surface area (Å²) in [4.78, 5) is 0. The van der Waals surface area contributed by atoms with E-state index >= 15 is 0 Å². The summed E-state index contributed by atoms with van der Waals surface area (Å²) in [5.74, 6) is 1.89. The maximum absolute atomic E-state index is 9.57. The molecule has 0 radical (unpaired) electrons. The summed E-state index contributed by atoms with van der Waals surface area (Å²) in [5.41, 5.74) is 5.73. The van der Waals surface area contributed by atoms with Gasteiger partial charge < -0.3 is 16.2 Å². The second-order valence-corrected chi connectivity index (χ2v) is 5.58. The van der Waals surface area contributed by atoms with Crippen LogP contribution in [0.3, 0.4) is 0 Å². The van der Waals surface area contributed by atoms with Crippen LogP contribution >= 0.6 is 0 Å². The molecule has 3 unspecified atom stereocenters. The van der Waals surface area contributed by atoms with Crippen LogP contribution in [0, 0.1) is 17.8 Å². The fourth-order valence-electron chi connectivity index (χ4n) is 2.51. The summed E-state index contributed by atoms with van der Waals surface area (Å²) in [5, 5.41) is 13.1. The van der Waals surface area contributed by atoms with Crippen LogP contribution in [0.15, 0.2) is 0 Å². The Morgan fingerprint density at radius 3 is 2.69 bits per heavy atom. The van der Waals surface area contributed by atoms with Crippen molar-refractivity contribution in [1.82, 2.24) is 5.32 Å². The van der Waals surface area contributed by atoms with Crippen molar-refractivity contribution in [3.63, 3.8) is 0 Å². The second-order valence-electron chi connectivity index (χ2n) is 5.58. The average Bonchev–Trinajstić information content (AvgIpc) is 2.24. The normalized spacial score (nSPS) is 28.3. The zero-order valence-electron chi connectivity index (χ0n) is 10.8. The minimum Gasteiger partial charge on any atom is -0.393 e. The molecule has 0 aromatic rings. The average molecular weight is 228 g/mol. The van der Waals surface area contributed by atoms with Gasteiger partial charge in [0.2, 0.25) is 0 Å². The van der Waals surface area contributed by atoms with E-state index in [-0.39, 0.29) is 6.10 Å². The van der Waals surface area contributed by atoms with E-state index in [2.05, 4.69) is 19.2 Å². The molecule has 0 amide bonds. The topological polar surface area (TPSA) is 58.3 Å². The Bertz CT molecular complexity index is 185. The van der Waals surface area contributed by atoms with Gasteiger partial charge in [0, 0.05) is 0 Å². The van der Waals surface area contributed by atoms with Crippen molar-refractivity contribution >= 4 is 0 Å². The fourth-order valence-corrected chi connectivity index (χ4v) is 2.51. The molecule has 0 heterocycles. The van der Waals surface area contributed by atoms with E-state index in [9.17, 15) is 5.11 Å². The Kier molecular flexibility index (Phi) is 6.32. The van der Waals surface area contributed by atoms with Gasteiger partial charge in [-0.2, -0.15) is 0 Å². The summed E-state index contributed by atoms with van der Waals surface area (Å²) in [6.07, 6.45) is 4.35. The highest BCUT2D eigenvalue weighted by molar-refractivity contribution is 4.75. The SMILES string of the molecule is CC(C)C(CN)CNCC1CCCC(O)C1. The second kappa shape index (κ2) is 7.25. The lowest BCUT2D eigenvalue weighted by Gasteiger charge is -2.27. The highest BCUT2D eigenvalue weighted by Gasteiger charge is 2.20. The maximum Gasteiger partial charge on any atom is 0.0543 e. The Morgan fingerprint density at radius 1 is 1.38 bits per heavy atom. The molecule has 16 heavy (non-hydrogen) atoms. The molecule has 3 nitrogen and oxygen atoms in total. The van der Waals surface area contributed by atoms with Crippen LogP contribution in [-0.2, 0) is 0 Å². The highest BCUT2D eigenvalue weighted by Crippen LogP contribution is 2.23. The largest absolute Gasteiger partial charge is 0.393 e. The van der Waals surface area contributed by atoms with Crippen molar-refractivity contribution in [1.29, 1.82) is 0 Å². The van der Waals surface area contributed by atoms with E-state index in [4.69, 9.17) is 5.73 Å². The van der Waals surface area contributed by atoms with Gasteiger partial charge in [-0.05, 0) is 56.7 Å². The summed E-state index contributed by atoms with van der Waals surface area (Å²) >= 11 is 0. The van der Waals surface area contributed by atoms with E-state index in [1.165, 1.54) is 12.8 Å². The molecular weight excluding hydrogens is 200 g/mol. The molecule has 1 aliphatic rings. The third-order valence-corrected chi connectivity index (χ3v) is 3.84. The quantitative estimate of drug-likeness (QED) is 0.643. The molecule has 0 saturated heterocycles. The fraction of sp³-hybridized carbons (Fsp3) is 1.00. The summed E-state index contributed by atoms with van der Waals surface area (Å²) in [6.45, 7) is 7.27. The smallest absolute Gasteiger partial charge is 0.0543 e. The van der Waals surface area contributed by atoms with Crippen LogP contribution in [0.5, 0.6) is 0 Å². The first-order valence-corrected chi connectivity index (χ1v) is 6.72. The molecule has 0 spiro atoms. The highest BCUT2D eigenvalue weighted by atomic mass is 16.3. The first-order chi connectivity index (χ1) is 7.63. The first kappa shape index (κ1) is 13.9. The molecule has 0 aromatic heterocycles. The van der Waals surface area contributed by atoms with Crippen LogP contribution in [0.1, 0.15) is 39.5 Å². The molecule has 1 rings (SSSR count). The van der Waals surface area contributed by atoms with Crippen molar-refractivity contribution < 1.29 is 5.11 Å². The molecule has 4 N–H and O–H groups in total. The predicted octanol–water partition coefficient (Wildman–Crippen LogP) is 1.36. The van der Waals surface area contributed by atoms with Crippen LogP contribution < -0.4 is 11.1 Å². The third kappa shape index (κ3) is 4.81. The lowest BCUT2D eigenvalue weighted by Crippen LogP contribution is -2.36. The molecular formula is C13H28N2O. The van der Waals surface area contributed by atoms with Crippen LogP contribution in [0.4, 0.5) is 0 Å². The van der Waals surface area contributed by atoms with E-state index in [0.29, 0.717) is 17.8 Å². The molecule has 0 aromatic carbocycles. The standard InChI is InChI=1S/C13H28N2O/c1-10(2)12(7-14)9-15-8-11-4-3-5-13(16)6-11/h10-13,15-16H,3-9,14H2,1-2H3. The number of aliphatic hydroxyl groups is 1.